The van der Waals surface area contributed by atoms with Crippen LogP contribution in [-0.2, 0) is 0 Å². The lowest BCUT2D eigenvalue weighted by molar-refractivity contribution is 0.232. The lowest BCUT2D eigenvalue weighted by Crippen LogP contribution is -2.29. The van der Waals surface area contributed by atoms with Gasteiger partial charge in [-0.15, -0.1) is 0 Å². The van der Waals surface area contributed by atoms with Crippen LogP contribution in [0.2, 0.25) is 0 Å². The number of hydrogen-bond acceptors (Lipinski definition) is 2. The molecule has 1 fully saturated rings. The molecule has 0 atom stereocenters. The van der Waals surface area contributed by atoms with E-state index in [0.717, 1.165) is 6.54 Å². The zero-order valence-corrected chi connectivity index (χ0v) is 7.29. The van der Waals surface area contributed by atoms with Crippen LogP contribution < -0.4 is 11.2 Å². The van der Waals surface area contributed by atoms with Crippen molar-refractivity contribution in [1.29, 1.82) is 0 Å². The standard InChI is InChI=1S/C8H17N3O/c9-8(11-12)10-6-7-4-2-1-3-5-7/h7,12H,1-6H2,(H3,9,10,11). The second-order valence-electron chi connectivity index (χ2n) is 3.34. The van der Waals surface area contributed by atoms with E-state index in [9.17, 15) is 0 Å². The van der Waals surface area contributed by atoms with E-state index in [0.29, 0.717) is 5.92 Å². The van der Waals surface area contributed by atoms with Gasteiger partial charge in [0.1, 0.15) is 0 Å². The van der Waals surface area contributed by atoms with Gasteiger partial charge in [0, 0.05) is 6.54 Å². The van der Waals surface area contributed by atoms with Gasteiger partial charge in [-0.3, -0.25) is 10.2 Å². The molecule has 0 amide bonds. The molecule has 0 aliphatic heterocycles. The molecule has 1 aliphatic carbocycles. The van der Waals surface area contributed by atoms with Gasteiger partial charge in [-0.2, -0.15) is 0 Å². The van der Waals surface area contributed by atoms with E-state index < -0.39 is 0 Å². The molecule has 0 unspecified atom stereocenters. The first kappa shape index (κ1) is 9.32. The predicted molar refractivity (Wildman–Crippen MR) is 48.0 cm³/mol. The highest BCUT2D eigenvalue weighted by Gasteiger charge is 2.12. The maximum Gasteiger partial charge on any atom is 0.212 e. The summed E-state index contributed by atoms with van der Waals surface area (Å²) in [5, 5.41) is 8.36. The van der Waals surface area contributed by atoms with Gasteiger partial charge in [-0.05, 0) is 18.8 Å². The van der Waals surface area contributed by atoms with Gasteiger partial charge >= 0.3 is 0 Å². The SMILES string of the molecule is NC(=NCC1CCCCC1)NO. The first-order valence-electron chi connectivity index (χ1n) is 4.53. The summed E-state index contributed by atoms with van der Waals surface area (Å²) in [6, 6.07) is 0. The Kier molecular flexibility index (Phi) is 3.87. The third kappa shape index (κ3) is 3.09. The highest BCUT2D eigenvalue weighted by Crippen LogP contribution is 2.23. The van der Waals surface area contributed by atoms with Crippen molar-refractivity contribution in [1.82, 2.24) is 5.48 Å². The molecule has 0 aromatic rings. The van der Waals surface area contributed by atoms with E-state index in [-0.39, 0.29) is 5.96 Å². The maximum absolute atomic E-state index is 8.36. The largest absolute Gasteiger partial charge is 0.368 e. The molecule has 1 rings (SSSR count). The fraction of sp³-hybridized carbons (Fsp3) is 0.875. The van der Waals surface area contributed by atoms with E-state index in [1.54, 1.807) is 0 Å². The van der Waals surface area contributed by atoms with Crippen LogP contribution in [-0.4, -0.2) is 17.7 Å². The molecule has 0 saturated heterocycles. The number of rotatable bonds is 2. The zero-order valence-electron chi connectivity index (χ0n) is 7.29. The number of nitrogens with zero attached hydrogens (tertiary/aromatic N) is 1. The van der Waals surface area contributed by atoms with Crippen LogP contribution in [0.15, 0.2) is 4.99 Å². The molecule has 12 heavy (non-hydrogen) atoms. The monoisotopic (exact) mass is 171 g/mol. The zero-order chi connectivity index (χ0) is 8.81. The first-order valence-corrected chi connectivity index (χ1v) is 4.53. The third-order valence-corrected chi connectivity index (χ3v) is 2.36. The van der Waals surface area contributed by atoms with Crippen LogP contribution in [0.3, 0.4) is 0 Å². The second-order valence-corrected chi connectivity index (χ2v) is 3.34. The molecule has 4 heteroatoms. The van der Waals surface area contributed by atoms with E-state index in [1.165, 1.54) is 32.1 Å². The molecule has 4 N–H and O–H groups in total. The average Bonchev–Trinajstić information content (AvgIpc) is 2.16. The highest BCUT2D eigenvalue weighted by atomic mass is 16.5. The number of guanidine groups is 1. The number of hydrogen-bond donors (Lipinski definition) is 3. The van der Waals surface area contributed by atoms with Gasteiger partial charge in [-0.1, -0.05) is 19.3 Å². The summed E-state index contributed by atoms with van der Waals surface area (Å²) in [5.41, 5.74) is 7.11. The summed E-state index contributed by atoms with van der Waals surface area (Å²) >= 11 is 0. The topological polar surface area (TPSA) is 70.6 Å². The Hall–Kier alpha value is -0.770. The predicted octanol–water partition coefficient (Wildman–Crippen LogP) is 0.860. The van der Waals surface area contributed by atoms with Crippen molar-refractivity contribution in [2.24, 2.45) is 16.6 Å². The minimum Gasteiger partial charge on any atom is -0.368 e. The molecule has 0 aromatic carbocycles. The van der Waals surface area contributed by atoms with Crippen LogP contribution in [0.4, 0.5) is 0 Å². The number of aliphatic imine (C=N–C) groups is 1. The Labute approximate surface area is 72.8 Å². The van der Waals surface area contributed by atoms with Gasteiger partial charge in [0.2, 0.25) is 5.96 Å². The highest BCUT2D eigenvalue weighted by molar-refractivity contribution is 5.76. The first-order chi connectivity index (χ1) is 5.83. The van der Waals surface area contributed by atoms with Crippen LogP contribution in [0, 0.1) is 5.92 Å². The summed E-state index contributed by atoms with van der Waals surface area (Å²) in [6.07, 6.45) is 6.48. The van der Waals surface area contributed by atoms with E-state index in [2.05, 4.69) is 4.99 Å². The summed E-state index contributed by atoms with van der Waals surface area (Å²) in [4.78, 5) is 4.00. The average molecular weight is 171 g/mol. The molecule has 0 heterocycles. The van der Waals surface area contributed by atoms with E-state index in [1.807, 2.05) is 5.48 Å². The minimum atomic E-state index is 0.126. The van der Waals surface area contributed by atoms with Crippen molar-refractivity contribution in [3.8, 4) is 0 Å². The Morgan fingerprint density at radius 1 is 1.42 bits per heavy atom. The van der Waals surface area contributed by atoms with Crippen molar-refractivity contribution >= 4 is 5.96 Å². The molecule has 1 aliphatic rings. The van der Waals surface area contributed by atoms with Gasteiger partial charge in [0.25, 0.3) is 0 Å². The van der Waals surface area contributed by atoms with Crippen LogP contribution in [0.25, 0.3) is 0 Å². The van der Waals surface area contributed by atoms with Crippen molar-refractivity contribution in [2.75, 3.05) is 6.54 Å². The van der Waals surface area contributed by atoms with Gasteiger partial charge in [0.05, 0.1) is 0 Å². The number of nitrogens with two attached hydrogens (primary N) is 1. The Morgan fingerprint density at radius 3 is 2.67 bits per heavy atom. The van der Waals surface area contributed by atoms with Crippen molar-refractivity contribution in [3.05, 3.63) is 0 Å². The normalized spacial score (nSPS) is 20.9. The summed E-state index contributed by atoms with van der Waals surface area (Å²) in [5.74, 6) is 0.797. The van der Waals surface area contributed by atoms with Crippen molar-refractivity contribution < 1.29 is 5.21 Å². The fourth-order valence-corrected chi connectivity index (χ4v) is 1.63. The summed E-state index contributed by atoms with van der Waals surface area (Å²) in [7, 11) is 0. The Bertz CT molecular complexity index is 152. The summed E-state index contributed by atoms with van der Waals surface area (Å²) < 4.78 is 0. The number of nitrogens with one attached hydrogen (secondary N) is 1. The Morgan fingerprint density at radius 2 is 2.08 bits per heavy atom. The van der Waals surface area contributed by atoms with E-state index >= 15 is 0 Å². The maximum atomic E-state index is 8.36. The molecule has 0 bridgehead atoms. The molecule has 1 saturated carbocycles. The minimum absolute atomic E-state index is 0.126. The van der Waals surface area contributed by atoms with Crippen LogP contribution in [0.5, 0.6) is 0 Å². The third-order valence-electron chi connectivity index (χ3n) is 2.36. The smallest absolute Gasteiger partial charge is 0.212 e. The molecular formula is C8H17N3O. The van der Waals surface area contributed by atoms with Crippen molar-refractivity contribution in [2.45, 2.75) is 32.1 Å². The van der Waals surface area contributed by atoms with Crippen LogP contribution in [0.1, 0.15) is 32.1 Å². The molecule has 0 aromatic heterocycles. The quantitative estimate of drug-likeness (QED) is 0.328. The molecular weight excluding hydrogens is 154 g/mol. The van der Waals surface area contributed by atoms with Crippen LogP contribution >= 0.6 is 0 Å². The Balaban J connectivity index is 2.21. The summed E-state index contributed by atoms with van der Waals surface area (Å²) in [6.45, 7) is 0.749. The second kappa shape index (κ2) is 4.98. The van der Waals surface area contributed by atoms with Gasteiger partial charge in [-0.25, -0.2) is 5.48 Å². The number of hydroxylamine groups is 1. The lowest BCUT2D eigenvalue weighted by Gasteiger charge is -2.19. The lowest BCUT2D eigenvalue weighted by atomic mass is 9.89. The fourth-order valence-electron chi connectivity index (χ4n) is 1.63. The van der Waals surface area contributed by atoms with Crippen molar-refractivity contribution in [3.63, 3.8) is 0 Å². The van der Waals surface area contributed by atoms with Gasteiger partial charge in [0.15, 0.2) is 0 Å². The molecule has 0 radical (unpaired) electrons. The molecule has 4 nitrogen and oxygen atoms in total. The van der Waals surface area contributed by atoms with E-state index in [4.69, 9.17) is 10.9 Å². The molecule has 70 valence electrons. The van der Waals surface area contributed by atoms with Gasteiger partial charge < -0.3 is 5.73 Å². The molecule has 0 spiro atoms.